The van der Waals surface area contributed by atoms with Crippen LogP contribution in [0.4, 0.5) is 5.69 Å². The van der Waals surface area contributed by atoms with Gasteiger partial charge in [-0.2, -0.15) is 0 Å². The zero-order chi connectivity index (χ0) is 15.9. The van der Waals surface area contributed by atoms with Crippen molar-refractivity contribution in [2.45, 2.75) is 39.0 Å². The maximum absolute atomic E-state index is 13.0. The van der Waals surface area contributed by atoms with Crippen molar-refractivity contribution in [3.8, 4) is 0 Å². The minimum atomic E-state index is -0.0187. The maximum atomic E-state index is 13.0. The predicted molar refractivity (Wildman–Crippen MR) is 87.8 cm³/mol. The molecule has 6 rings (SSSR count). The monoisotopic (exact) mass is 309 g/mol. The summed E-state index contributed by atoms with van der Waals surface area (Å²) in [5, 5.41) is 0. The minimum Gasteiger partial charge on any atom is -0.274 e. The molecule has 5 aliphatic rings. The minimum absolute atomic E-state index is 0.0187. The quantitative estimate of drug-likeness (QED) is 0.783. The van der Waals surface area contributed by atoms with Gasteiger partial charge in [-0.1, -0.05) is 26.0 Å². The highest BCUT2D eigenvalue weighted by molar-refractivity contribution is 6.22. The molecule has 2 amide bonds. The SMILES string of the molecule is CC(C)c1ccc(N2C(=O)[C@@H]3[C@@H]4CC[C@@H]([C@@H]5C[C@@H]54)[C@@H]3C2=O)cc1. The number of hydrogen-bond donors (Lipinski definition) is 0. The molecular formula is C20H23NO2. The van der Waals surface area contributed by atoms with Crippen LogP contribution in [0.1, 0.15) is 44.6 Å². The smallest absolute Gasteiger partial charge is 0.237 e. The van der Waals surface area contributed by atoms with Crippen LogP contribution in [0.5, 0.6) is 0 Å². The van der Waals surface area contributed by atoms with Gasteiger partial charge in [0.1, 0.15) is 0 Å². The van der Waals surface area contributed by atoms with Gasteiger partial charge < -0.3 is 0 Å². The first-order valence-electron chi connectivity index (χ1n) is 9.05. The summed E-state index contributed by atoms with van der Waals surface area (Å²) in [7, 11) is 0. The number of imide groups is 1. The summed E-state index contributed by atoms with van der Waals surface area (Å²) in [6, 6.07) is 8.00. The Kier molecular flexibility index (Phi) is 2.67. The van der Waals surface area contributed by atoms with E-state index in [-0.39, 0.29) is 23.7 Å². The average molecular weight is 309 g/mol. The maximum Gasteiger partial charge on any atom is 0.237 e. The van der Waals surface area contributed by atoms with Crippen molar-refractivity contribution in [2.75, 3.05) is 4.90 Å². The zero-order valence-electron chi connectivity index (χ0n) is 13.7. The van der Waals surface area contributed by atoms with Gasteiger partial charge in [-0.3, -0.25) is 14.5 Å². The number of fused-ring (bicyclic) bond motifs is 1. The number of hydrogen-bond acceptors (Lipinski definition) is 2. The molecular weight excluding hydrogens is 286 g/mol. The lowest BCUT2D eigenvalue weighted by atomic mass is 9.59. The summed E-state index contributed by atoms with van der Waals surface area (Å²) < 4.78 is 0. The lowest BCUT2D eigenvalue weighted by Crippen LogP contribution is -2.43. The van der Waals surface area contributed by atoms with Crippen molar-refractivity contribution in [1.82, 2.24) is 0 Å². The fourth-order valence-corrected chi connectivity index (χ4v) is 5.80. The standard InChI is InChI=1S/C20H23NO2/c1-10(2)11-3-5-12(6-4-11)21-19(22)17-13-7-8-14(16-9-15(13)16)18(17)20(21)23/h3-6,10,13-18H,7-9H2,1-2H3/t13-,14+,15-,16+,17-,18+. The van der Waals surface area contributed by atoms with Crippen molar-refractivity contribution in [2.24, 2.45) is 35.5 Å². The van der Waals surface area contributed by atoms with E-state index in [1.165, 1.54) is 16.9 Å². The normalized spacial score (nSPS) is 40.6. The van der Waals surface area contributed by atoms with E-state index in [0.29, 0.717) is 17.8 Å². The van der Waals surface area contributed by atoms with E-state index in [9.17, 15) is 9.59 Å². The van der Waals surface area contributed by atoms with Crippen LogP contribution in [0.25, 0.3) is 0 Å². The van der Waals surface area contributed by atoms with Gasteiger partial charge >= 0.3 is 0 Å². The lowest BCUT2D eigenvalue weighted by molar-refractivity contribution is -0.129. The summed E-state index contributed by atoms with van der Waals surface area (Å²) >= 11 is 0. The van der Waals surface area contributed by atoms with Gasteiger partial charge in [-0.15, -0.1) is 0 Å². The molecule has 6 atom stereocenters. The Hall–Kier alpha value is -1.64. The molecule has 4 aliphatic carbocycles. The molecule has 2 bridgehead atoms. The number of amides is 2. The Morgan fingerprint density at radius 2 is 1.39 bits per heavy atom. The van der Waals surface area contributed by atoms with E-state index in [1.54, 1.807) is 0 Å². The third kappa shape index (κ3) is 1.71. The van der Waals surface area contributed by atoms with Gasteiger partial charge in [-0.25, -0.2) is 0 Å². The van der Waals surface area contributed by atoms with Gasteiger partial charge in [0.05, 0.1) is 17.5 Å². The van der Waals surface area contributed by atoms with Gasteiger partial charge in [0.25, 0.3) is 0 Å². The van der Waals surface area contributed by atoms with Crippen LogP contribution in [-0.2, 0) is 9.59 Å². The predicted octanol–water partition coefficient (Wildman–Crippen LogP) is 3.59. The fourth-order valence-electron chi connectivity index (χ4n) is 5.80. The largest absolute Gasteiger partial charge is 0.274 e. The second-order valence-corrected chi connectivity index (χ2v) is 8.28. The van der Waals surface area contributed by atoms with Crippen molar-refractivity contribution < 1.29 is 9.59 Å². The van der Waals surface area contributed by atoms with Gasteiger partial charge in [0.2, 0.25) is 11.8 Å². The number of anilines is 1. The van der Waals surface area contributed by atoms with Gasteiger partial charge in [0, 0.05) is 0 Å². The molecule has 1 aromatic carbocycles. The van der Waals surface area contributed by atoms with Crippen LogP contribution in [-0.4, -0.2) is 11.8 Å². The van der Waals surface area contributed by atoms with Crippen LogP contribution in [0, 0.1) is 35.5 Å². The molecule has 1 aliphatic heterocycles. The number of carbonyl (C=O) groups excluding carboxylic acids is 2. The summed E-state index contributed by atoms with van der Waals surface area (Å²) in [5.74, 6) is 3.03. The highest BCUT2D eigenvalue weighted by atomic mass is 16.2. The molecule has 0 radical (unpaired) electrons. The summed E-state index contributed by atoms with van der Waals surface area (Å²) in [5.41, 5.74) is 2.01. The van der Waals surface area contributed by atoms with E-state index < -0.39 is 0 Å². The van der Waals surface area contributed by atoms with Crippen molar-refractivity contribution >= 4 is 17.5 Å². The zero-order valence-corrected chi connectivity index (χ0v) is 13.7. The van der Waals surface area contributed by atoms with Gasteiger partial charge in [-0.05, 0) is 66.5 Å². The topological polar surface area (TPSA) is 37.4 Å². The van der Waals surface area contributed by atoms with E-state index in [1.807, 2.05) is 12.1 Å². The third-order valence-electron chi connectivity index (χ3n) is 6.96. The van der Waals surface area contributed by atoms with E-state index in [2.05, 4.69) is 26.0 Å². The number of rotatable bonds is 2. The van der Waals surface area contributed by atoms with Crippen LogP contribution in [0.15, 0.2) is 24.3 Å². The summed E-state index contributed by atoms with van der Waals surface area (Å²) in [4.78, 5) is 27.6. The molecule has 0 N–H and O–H groups in total. The Morgan fingerprint density at radius 3 is 1.87 bits per heavy atom. The van der Waals surface area contributed by atoms with Crippen LogP contribution < -0.4 is 4.90 Å². The highest BCUT2D eigenvalue weighted by Gasteiger charge is 2.68. The number of benzene rings is 1. The first kappa shape index (κ1) is 13.8. The van der Waals surface area contributed by atoms with Gasteiger partial charge in [0.15, 0.2) is 0 Å². The Bertz CT molecular complexity index is 658. The first-order valence-corrected chi connectivity index (χ1v) is 9.05. The molecule has 120 valence electrons. The van der Waals surface area contributed by atoms with E-state index in [0.717, 1.165) is 30.4 Å². The summed E-state index contributed by atoms with van der Waals surface area (Å²) in [6.45, 7) is 4.30. The molecule has 1 heterocycles. The van der Waals surface area contributed by atoms with Crippen molar-refractivity contribution in [1.29, 1.82) is 0 Å². The molecule has 1 aromatic rings. The molecule has 23 heavy (non-hydrogen) atoms. The fraction of sp³-hybridized carbons (Fsp3) is 0.600. The molecule has 3 heteroatoms. The second-order valence-electron chi connectivity index (χ2n) is 8.28. The van der Waals surface area contributed by atoms with Crippen LogP contribution >= 0.6 is 0 Å². The molecule has 1 saturated heterocycles. The molecule has 4 saturated carbocycles. The Labute approximate surface area is 137 Å². The number of carbonyl (C=O) groups is 2. The molecule has 0 spiro atoms. The lowest BCUT2D eigenvalue weighted by Gasteiger charge is -2.42. The van der Waals surface area contributed by atoms with E-state index in [4.69, 9.17) is 0 Å². The highest BCUT2D eigenvalue weighted by Crippen LogP contribution is 2.68. The molecule has 3 nitrogen and oxygen atoms in total. The van der Waals surface area contributed by atoms with Crippen molar-refractivity contribution in [3.05, 3.63) is 29.8 Å². The molecule has 0 aromatic heterocycles. The first-order chi connectivity index (χ1) is 11.1. The average Bonchev–Trinajstić information content (AvgIpc) is 3.32. The molecule has 0 unspecified atom stereocenters. The van der Waals surface area contributed by atoms with Crippen LogP contribution in [0.3, 0.4) is 0 Å². The van der Waals surface area contributed by atoms with Crippen molar-refractivity contribution in [3.63, 3.8) is 0 Å². The Balaban J connectivity index is 1.51. The second kappa shape index (κ2) is 4.46. The number of nitrogens with zero attached hydrogens (tertiary/aromatic N) is 1. The molecule has 5 fully saturated rings. The van der Waals surface area contributed by atoms with Crippen LogP contribution in [0.2, 0.25) is 0 Å². The Morgan fingerprint density at radius 1 is 0.870 bits per heavy atom. The summed E-state index contributed by atoms with van der Waals surface area (Å²) in [6.07, 6.45) is 3.59. The van der Waals surface area contributed by atoms with E-state index >= 15 is 0 Å². The third-order valence-corrected chi connectivity index (χ3v) is 6.96.